The first kappa shape index (κ1) is 9.12. The van der Waals surface area contributed by atoms with Gasteiger partial charge in [-0.1, -0.05) is 0 Å². The highest BCUT2D eigenvalue weighted by atomic mass is 32.1. The molecule has 1 aromatic heterocycles. The van der Waals surface area contributed by atoms with Gasteiger partial charge in [-0.3, -0.25) is 4.98 Å². The van der Waals surface area contributed by atoms with Crippen LogP contribution in [0.2, 0.25) is 0 Å². The van der Waals surface area contributed by atoms with E-state index in [2.05, 4.69) is 17.2 Å². The summed E-state index contributed by atoms with van der Waals surface area (Å²) in [5.41, 5.74) is 7.84. The monoisotopic (exact) mass is 197 g/mol. The standard InChI is InChI=1S/C9H15N3S/c1-6-2-7(10)3-8(12-6)9-4-11-5-13-9/h4-8,12H,2-3,10H2,1H3/t6-,7+,8-/m0/s1. The molecule has 2 rings (SSSR count). The van der Waals surface area contributed by atoms with Crippen LogP contribution in [0.5, 0.6) is 0 Å². The van der Waals surface area contributed by atoms with E-state index < -0.39 is 0 Å². The quantitative estimate of drug-likeness (QED) is 0.713. The van der Waals surface area contributed by atoms with Crippen LogP contribution in [0, 0.1) is 0 Å². The maximum absolute atomic E-state index is 5.97. The molecule has 2 heterocycles. The molecule has 1 saturated heterocycles. The molecule has 0 amide bonds. The summed E-state index contributed by atoms with van der Waals surface area (Å²) in [6.45, 7) is 2.19. The first-order valence-electron chi connectivity index (χ1n) is 4.65. The third-order valence-corrected chi connectivity index (χ3v) is 3.36. The number of hydrogen-bond acceptors (Lipinski definition) is 4. The van der Waals surface area contributed by atoms with Crippen molar-refractivity contribution in [1.82, 2.24) is 10.3 Å². The van der Waals surface area contributed by atoms with Crippen molar-refractivity contribution < 1.29 is 0 Å². The minimum atomic E-state index is 0.336. The fraction of sp³-hybridized carbons (Fsp3) is 0.667. The minimum Gasteiger partial charge on any atom is -0.328 e. The van der Waals surface area contributed by atoms with Crippen LogP contribution in [-0.2, 0) is 0 Å². The number of rotatable bonds is 1. The molecule has 1 fully saturated rings. The number of hydrogen-bond donors (Lipinski definition) is 2. The zero-order valence-electron chi connectivity index (χ0n) is 7.73. The second-order valence-electron chi connectivity index (χ2n) is 3.76. The van der Waals surface area contributed by atoms with Crippen LogP contribution in [0.3, 0.4) is 0 Å². The third kappa shape index (κ3) is 2.07. The van der Waals surface area contributed by atoms with Crippen molar-refractivity contribution in [2.45, 2.75) is 37.9 Å². The Kier molecular flexibility index (Phi) is 2.62. The molecule has 3 nitrogen and oxygen atoms in total. The van der Waals surface area contributed by atoms with Gasteiger partial charge in [0.15, 0.2) is 0 Å². The van der Waals surface area contributed by atoms with Crippen molar-refractivity contribution in [2.24, 2.45) is 5.73 Å². The van der Waals surface area contributed by atoms with E-state index in [0.717, 1.165) is 12.8 Å². The lowest BCUT2D eigenvalue weighted by Crippen LogP contribution is -2.43. The van der Waals surface area contributed by atoms with Crippen LogP contribution in [0.25, 0.3) is 0 Å². The van der Waals surface area contributed by atoms with E-state index in [4.69, 9.17) is 5.73 Å². The first-order valence-corrected chi connectivity index (χ1v) is 5.53. The van der Waals surface area contributed by atoms with Crippen molar-refractivity contribution in [2.75, 3.05) is 0 Å². The zero-order valence-corrected chi connectivity index (χ0v) is 8.55. The average Bonchev–Trinajstić information content (AvgIpc) is 2.53. The average molecular weight is 197 g/mol. The molecule has 1 aromatic rings. The largest absolute Gasteiger partial charge is 0.328 e. The fourth-order valence-corrected chi connectivity index (χ4v) is 2.62. The van der Waals surface area contributed by atoms with Gasteiger partial charge in [0.25, 0.3) is 0 Å². The van der Waals surface area contributed by atoms with E-state index >= 15 is 0 Å². The molecular weight excluding hydrogens is 182 g/mol. The number of aromatic nitrogens is 1. The van der Waals surface area contributed by atoms with Gasteiger partial charge in [-0.15, -0.1) is 11.3 Å². The van der Waals surface area contributed by atoms with Gasteiger partial charge in [0.1, 0.15) is 0 Å². The Bertz CT molecular complexity index is 250. The molecule has 0 aliphatic carbocycles. The molecule has 1 aliphatic rings. The summed E-state index contributed by atoms with van der Waals surface area (Å²) < 4.78 is 0. The summed E-state index contributed by atoms with van der Waals surface area (Å²) in [5.74, 6) is 0. The molecule has 0 aromatic carbocycles. The van der Waals surface area contributed by atoms with Gasteiger partial charge in [-0.2, -0.15) is 0 Å². The Labute approximate surface area is 82.4 Å². The van der Waals surface area contributed by atoms with E-state index in [-0.39, 0.29) is 0 Å². The Balaban J connectivity index is 2.07. The molecule has 0 spiro atoms. The van der Waals surface area contributed by atoms with Gasteiger partial charge in [-0.25, -0.2) is 0 Å². The highest BCUT2D eigenvalue weighted by Gasteiger charge is 2.25. The molecule has 3 atom stereocenters. The molecule has 0 radical (unpaired) electrons. The maximum atomic E-state index is 5.97. The number of piperidine rings is 1. The first-order chi connectivity index (χ1) is 6.25. The molecule has 72 valence electrons. The lowest BCUT2D eigenvalue weighted by Gasteiger charge is -2.32. The summed E-state index contributed by atoms with van der Waals surface area (Å²) in [4.78, 5) is 5.39. The summed E-state index contributed by atoms with van der Waals surface area (Å²) in [7, 11) is 0. The molecule has 0 bridgehead atoms. The van der Waals surface area contributed by atoms with Gasteiger partial charge in [0.2, 0.25) is 0 Å². The molecule has 0 saturated carbocycles. The Hall–Kier alpha value is -0.450. The van der Waals surface area contributed by atoms with E-state index in [1.165, 1.54) is 4.88 Å². The SMILES string of the molecule is C[C@H]1C[C@@H](N)C[C@@H](c2cncs2)N1. The van der Waals surface area contributed by atoms with E-state index in [1.54, 1.807) is 11.3 Å². The highest BCUT2D eigenvalue weighted by Crippen LogP contribution is 2.26. The number of thiazole rings is 1. The van der Waals surface area contributed by atoms with Gasteiger partial charge in [-0.05, 0) is 19.8 Å². The van der Waals surface area contributed by atoms with Gasteiger partial charge < -0.3 is 11.1 Å². The minimum absolute atomic E-state index is 0.336. The topological polar surface area (TPSA) is 50.9 Å². The fourth-order valence-electron chi connectivity index (χ4n) is 1.93. The van der Waals surface area contributed by atoms with Gasteiger partial charge >= 0.3 is 0 Å². The van der Waals surface area contributed by atoms with Crippen LogP contribution in [0.4, 0.5) is 0 Å². The van der Waals surface area contributed by atoms with Crippen molar-refractivity contribution >= 4 is 11.3 Å². The molecule has 3 N–H and O–H groups in total. The second kappa shape index (κ2) is 3.74. The summed E-state index contributed by atoms with van der Waals surface area (Å²) in [6, 6.07) is 1.28. The van der Waals surface area contributed by atoms with Crippen LogP contribution in [0.15, 0.2) is 11.7 Å². The Morgan fingerprint density at radius 2 is 2.46 bits per heavy atom. The van der Waals surface area contributed by atoms with E-state index in [0.29, 0.717) is 18.1 Å². The molecule has 4 heteroatoms. The van der Waals surface area contributed by atoms with Crippen LogP contribution in [-0.4, -0.2) is 17.1 Å². The molecule has 0 unspecified atom stereocenters. The van der Waals surface area contributed by atoms with Gasteiger partial charge in [0.05, 0.1) is 5.51 Å². The number of nitrogens with zero attached hydrogens (tertiary/aromatic N) is 1. The lowest BCUT2D eigenvalue weighted by molar-refractivity contribution is 0.310. The predicted molar refractivity (Wildman–Crippen MR) is 54.7 cm³/mol. The zero-order chi connectivity index (χ0) is 9.26. The normalized spacial score (nSPS) is 34.8. The number of nitrogens with one attached hydrogen (secondary N) is 1. The predicted octanol–water partition coefficient (Wildman–Crippen LogP) is 1.28. The smallest absolute Gasteiger partial charge is 0.0794 e. The van der Waals surface area contributed by atoms with Gasteiger partial charge in [0, 0.05) is 29.2 Å². The van der Waals surface area contributed by atoms with Crippen molar-refractivity contribution in [3.8, 4) is 0 Å². The summed E-state index contributed by atoms with van der Waals surface area (Å²) in [6.07, 6.45) is 4.05. The lowest BCUT2D eigenvalue weighted by atomic mass is 9.95. The van der Waals surface area contributed by atoms with E-state index in [1.807, 2.05) is 11.7 Å². The third-order valence-electron chi connectivity index (χ3n) is 2.48. The van der Waals surface area contributed by atoms with Crippen LogP contribution < -0.4 is 11.1 Å². The summed E-state index contributed by atoms with van der Waals surface area (Å²) in [5, 5.41) is 3.54. The van der Waals surface area contributed by atoms with Crippen molar-refractivity contribution in [3.05, 3.63) is 16.6 Å². The highest BCUT2D eigenvalue weighted by molar-refractivity contribution is 7.09. The second-order valence-corrected chi connectivity index (χ2v) is 4.67. The van der Waals surface area contributed by atoms with Crippen molar-refractivity contribution in [1.29, 1.82) is 0 Å². The Morgan fingerprint density at radius 3 is 3.08 bits per heavy atom. The molecular formula is C9H15N3S. The molecule has 13 heavy (non-hydrogen) atoms. The number of nitrogens with two attached hydrogens (primary N) is 1. The maximum Gasteiger partial charge on any atom is 0.0794 e. The van der Waals surface area contributed by atoms with Crippen molar-refractivity contribution in [3.63, 3.8) is 0 Å². The van der Waals surface area contributed by atoms with Crippen LogP contribution in [0.1, 0.15) is 30.7 Å². The summed E-state index contributed by atoms with van der Waals surface area (Å²) >= 11 is 1.70. The Morgan fingerprint density at radius 1 is 1.62 bits per heavy atom. The van der Waals surface area contributed by atoms with Crippen LogP contribution >= 0.6 is 11.3 Å². The molecule has 1 aliphatic heterocycles. The van der Waals surface area contributed by atoms with E-state index in [9.17, 15) is 0 Å².